The number of halogens is 3. The molecule has 1 unspecified atom stereocenters. The van der Waals surface area contributed by atoms with Gasteiger partial charge in [0, 0.05) is 12.6 Å². The van der Waals surface area contributed by atoms with E-state index in [1.165, 1.54) is 0 Å². The molecule has 1 amide bonds. The Morgan fingerprint density at radius 3 is 2.71 bits per heavy atom. The summed E-state index contributed by atoms with van der Waals surface area (Å²) in [7, 11) is 0. The number of carbonyl (C=O) groups is 1. The molecule has 118 valence electrons. The molecule has 0 radical (unpaired) electrons. The van der Waals surface area contributed by atoms with Crippen molar-refractivity contribution in [1.29, 1.82) is 0 Å². The molecule has 1 heterocycles. The van der Waals surface area contributed by atoms with Gasteiger partial charge in [-0.05, 0) is 12.5 Å². The van der Waals surface area contributed by atoms with Crippen LogP contribution in [0.2, 0.25) is 0 Å². The Morgan fingerprint density at radius 2 is 2.14 bits per heavy atom. The smallest absolute Gasteiger partial charge is 0.382 e. The number of nitrogens with zero attached hydrogens (tertiary/aromatic N) is 2. The van der Waals surface area contributed by atoms with Crippen LogP contribution >= 0.6 is 0 Å². The van der Waals surface area contributed by atoms with E-state index in [2.05, 4.69) is 5.10 Å². The van der Waals surface area contributed by atoms with Gasteiger partial charge in [-0.25, -0.2) is 4.68 Å². The molecule has 0 aliphatic heterocycles. The summed E-state index contributed by atoms with van der Waals surface area (Å²) < 4.78 is 37.4. The summed E-state index contributed by atoms with van der Waals surface area (Å²) in [6.45, 7) is 1.26. The molecule has 1 aromatic rings. The number of aryl methyl sites for hydroxylation is 1. The van der Waals surface area contributed by atoms with Gasteiger partial charge in [-0.15, -0.1) is 0 Å². The zero-order valence-corrected chi connectivity index (χ0v) is 11.4. The number of carbonyl (C=O) groups excluding carboxylic acids is 1. The van der Waals surface area contributed by atoms with Crippen molar-refractivity contribution in [1.82, 2.24) is 15.1 Å². The molecule has 21 heavy (non-hydrogen) atoms. The van der Waals surface area contributed by atoms with Crippen molar-refractivity contribution in [3.8, 4) is 0 Å². The van der Waals surface area contributed by atoms with Crippen molar-refractivity contribution in [3.63, 3.8) is 0 Å². The highest BCUT2D eigenvalue weighted by Crippen LogP contribution is 2.19. The number of nitrogens with one attached hydrogen (secondary N) is 1. The lowest BCUT2D eigenvalue weighted by Crippen LogP contribution is -2.41. The Bertz CT molecular complexity index is 543. The van der Waals surface area contributed by atoms with Crippen LogP contribution in [0.4, 0.5) is 13.2 Å². The van der Waals surface area contributed by atoms with Gasteiger partial charge < -0.3 is 10.4 Å². The highest BCUT2D eigenvalue weighted by molar-refractivity contribution is 5.91. The first kappa shape index (κ1) is 17.2. The van der Waals surface area contributed by atoms with E-state index in [1.54, 1.807) is 0 Å². The highest BCUT2D eigenvalue weighted by atomic mass is 19.4. The summed E-state index contributed by atoms with van der Waals surface area (Å²) in [5, 5.41) is 14.5. The molecular formula is C12H16F3N3O3. The van der Waals surface area contributed by atoms with E-state index in [1.807, 2.05) is 12.2 Å². The third kappa shape index (κ3) is 5.18. The van der Waals surface area contributed by atoms with Gasteiger partial charge in [0.2, 0.25) is 0 Å². The van der Waals surface area contributed by atoms with Crippen molar-refractivity contribution < 1.29 is 23.1 Å². The van der Waals surface area contributed by atoms with E-state index in [-0.39, 0.29) is 5.69 Å². The molecule has 1 atom stereocenters. The molecule has 0 bridgehead atoms. The first-order valence-corrected chi connectivity index (χ1v) is 6.37. The maximum absolute atomic E-state index is 12.1. The van der Waals surface area contributed by atoms with Crippen LogP contribution in [-0.4, -0.2) is 39.6 Å². The second kappa shape index (κ2) is 7.21. The number of aromatic nitrogens is 2. The fraction of sp³-hybridized carbons (Fsp3) is 0.583. The summed E-state index contributed by atoms with van der Waals surface area (Å²) in [6.07, 6.45) is -5.94. The van der Waals surface area contributed by atoms with Gasteiger partial charge in [-0.2, -0.15) is 18.3 Å². The fourth-order valence-electron chi connectivity index (χ4n) is 1.43. The molecule has 1 aromatic heterocycles. The molecule has 0 fully saturated rings. The number of amides is 1. The van der Waals surface area contributed by atoms with Crippen LogP contribution in [0, 0.1) is 0 Å². The molecule has 0 saturated heterocycles. The summed E-state index contributed by atoms with van der Waals surface area (Å²) in [5.41, 5.74) is -0.574. The number of unbranched alkanes of at least 4 members (excludes halogenated alkanes) is 1. The number of hydrogen-bond acceptors (Lipinski definition) is 4. The predicted octanol–water partition coefficient (Wildman–Crippen LogP) is 0.696. The van der Waals surface area contributed by atoms with Gasteiger partial charge in [0.25, 0.3) is 11.5 Å². The Balaban J connectivity index is 2.72. The lowest BCUT2D eigenvalue weighted by atomic mass is 10.3. The quantitative estimate of drug-likeness (QED) is 0.810. The molecule has 0 aliphatic rings. The van der Waals surface area contributed by atoms with E-state index in [0.717, 1.165) is 23.2 Å². The topological polar surface area (TPSA) is 84.2 Å². The van der Waals surface area contributed by atoms with Crippen LogP contribution in [0.5, 0.6) is 0 Å². The average Bonchev–Trinajstić information content (AvgIpc) is 2.42. The SMILES string of the molecule is CCCCn1nc(C(=O)NCC(O)C(F)(F)F)ccc1=O. The van der Waals surface area contributed by atoms with Gasteiger partial charge in [-0.3, -0.25) is 9.59 Å². The molecular weight excluding hydrogens is 291 g/mol. The number of aliphatic hydroxyl groups is 1. The van der Waals surface area contributed by atoms with Crippen LogP contribution in [-0.2, 0) is 6.54 Å². The molecule has 6 nitrogen and oxygen atoms in total. The van der Waals surface area contributed by atoms with Crippen LogP contribution in [0.1, 0.15) is 30.3 Å². The fourth-order valence-corrected chi connectivity index (χ4v) is 1.43. The summed E-state index contributed by atoms with van der Waals surface area (Å²) in [4.78, 5) is 23.1. The van der Waals surface area contributed by atoms with Crippen molar-refractivity contribution in [2.75, 3.05) is 6.54 Å². The first-order chi connectivity index (χ1) is 9.75. The van der Waals surface area contributed by atoms with Crippen molar-refractivity contribution in [2.24, 2.45) is 0 Å². The molecule has 0 spiro atoms. The highest BCUT2D eigenvalue weighted by Gasteiger charge is 2.38. The van der Waals surface area contributed by atoms with Crippen LogP contribution in [0.25, 0.3) is 0 Å². The van der Waals surface area contributed by atoms with Gasteiger partial charge in [-0.1, -0.05) is 13.3 Å². The largest absolute Gasteiger partial charge is 0.416 e. The first-order valence-electron chi connectivity index (χ1n) is 6.37. The second-order valence-corrected chi connectivity index (χ2v) is 4.40. The lowest BCUT2D eigenvalue weighted by Gasteiger charge is -2.15. The van der Waals surface area contributed by atoms with Gasteiger partial charge >= 0.3 is 6.18 Å². The number of alkyl halides is 3. The number of rotatable bonds is 6. The van der Waals surface area contributed by atoms with Crippen molar-refractivity contribution >= 4 is 5.91 Å². The van der Waals surface area contributed by atoms with E-state index in [0.29, 0.717) is 13.0 Å². The zero-order chi connectivity index (χ0) is 16.0. The van der Waals surface area contributed by atoms with E-state index in [9.17, 15) is 22.8 Å². The third-order valence-corrected chi connectivity index (χ3v) is 2.66. The second-order valence-electron chi connectivity index (χ2n) is 4.40. The maximum atomic E-state index is 12.1. The van der Waals surface area contributed by atoms with Crippen LogP contribution < -0.4 is 10.9 Å². The Morgan fingerprint density at radius 1 is 1.48 bits per heavy atom. The average molecular weight is 307 g/mol. The van der Waals surface area contributed by atoms with Gasteiger partial charge in [0.05, 0.1) is 6.54 Å². The van der Waals surface area contributed by atoms with Crippen molar-refractivity contribution in [2.45, 2.75) is 38.6 Å². The van der Waals surface area contributed by atoms with E-state index in [4.69, 9.17) is 5.11 Å². The molecule has 1 rings (SSSR count). The molecule has 9 heteroatoms. The Hall–Kier alpha value is -1.90. The molecule has 2 N–H and O–H groups in total. The van der Waals surface area contributed by atoms with E-state index < -0.39 is 30.3 Å². The minimum absolute atomic E-state index is 0.180. The predicted molar refractivity (Wildman–Crippen MR) is 67.8 cm³/mol. The van der Waals surface area contributed by atoms with Gasteiger partial charge in [0.15, 0.2) is 6.10 Å². The summed E-state index contributed by atoms with van der Waals surface area (Å²) in [6, 6.07) is 2.25. The standard InChI is InChI=1S/C12H16F3N3O3/c1-2-3-6-18-10(20)5-4-8(17-18)11(21)16-7-9(19)12(13,14)15/h4-5,9,19H,2-3,6-7H2,1H3,(H,16,21). The molecule has 0 saturated carbocycles. The molecule has 0 aromatic carbocycles. The molecule has 0 aliphatic carbocycles. The lowest BCUT2D eigenvalue weighted by molar-refractivity contribution is -0.201. The van der Waals surface area contributed by atoms with Crippen molar-refractivity contribution in [3.05, 3.63) is 28.2 Å². The summed E-state index contributed by atoms with van der Waals surface area (Å²) >= 11 is 0. The number of hydrogen-bond donors (Lipinski definition) is 2. The van der Waals surface area contributed by atoms with E-state index >= 15 is 0 Å². The van der Waals surface area contributed by atoms with Crippen LogP contribution in [0.3, 0.4) is 0 Å². The maximum Gasteiger partial charge on any atom is 0.416 e. The Labute approximate surface area is 118 Å². The van der Waals surface area contributed by atoms with Crippen LogP contribution in [0.15, 0.2) is 16.9 Å². The van der Waals surface area contributed by atoms with Gasteiger partial charge in [0.1, 0.15) is 5.69 Å². The summed E-state index contributed by atoms with van der Waals surface area (Å²) in [5.74, 6) is -0.886. The normalized spacial score (nSPS) is 13.0. The zero-order valence-electron chi connectivity index (χ0n) is 11.4. The Kier molecular flexibility index (Phi) is 5.89. The third-order valence-electron chi connectivity index (χ3n) is 2.66. The minimum Gasteiger partial charge on any atom is -0.382 e. The number of aliphatic hydroxyl groups excluding tert-OH is 1. The monoisotopic (exact) mass is 307 g/mol. The minimum atomic E-state index is -4.80.